The van der Waals surface area contributed by atoms with E-state index in [1.807, 2.05) is 0 Å². The molecule has 4 aliphatic rings. The second-order valence-corrected chi connectivity index (χ2v) is 8.30. The van der Waals surface area contributed by atoms with Gasteiger partial charge in [0.15, 0.2) is 6.23 Å². The molecule has 3 aliphatic heterocycles. The molecule has 150 valence electrons. The number of fused-ring (bicyclic) bond motifs is 1. The van der Waals surface area contributed by atoms with Crippen molar-refractivity contribution in [1.82, 2.24) is 14.7 Å². The number of carbonyl (C=O) groups excluding carboxylic acids is 2. The largest absolute Gasteiger partial charge is 0.465 e. The molecule has 0 bridgehead atoms. The quantitative estimate of drug-likeness (QED) is 0.716. The van der Waals surface area contributed by atoms with Gasteiger partial charge in [-0.1, -0.05) is 0 Å². The van der Waals surface area contributed by atoms with Crippen LogP contribution in [0.1, 0.15) is 39.0 Å². The fourth-order valence-corrected chi connectivity index (χ4v) is 4.66. The maximum absolute atomic E-state index is 12.6. The van der Waals surface area contributed by atoms with E-state index in [4.69, 9.17) is 4.74 Å². The van der Waals surface area contributed by atoms with Crippen LogP contribution in [0.5, 0.6) is 0 Å². The molecule has 3 heterocycles. The molecule has 0 radical (unpaired) electrons. The molecule has 0 aromatic rings. The van der Waals surface area contributed by atoms with Crippen LogP contribution in [-0.4, -0.2) is 93.5 Å². The highest BCUT2D eigenvalue weighted by Gasteiger charge is 2.52. The van der Waals surface area contributed by atoms with Gasteiger partial charge in [0.05, 0.1) is 25.3 Å². The molecular formula is C18H27N3O6. The summed E-state index contributed by atoms with van der Waals surface area (Å²) in [5.41, 5.74) is 0.0651. The van der Waals surface area contributed by atoms with E-state index < -0.39 is 24.5 Å². The van der Waals surface area contributed by atoms with Crippen molar-refractivity contribution in [2.24, 2.45) is 5.41 Å². The molecule has 4 atom stereocenters. The van der Waals surface area contributed by atoms with Crippen molar-refractivity contribution >= 4 is 17.9 Å². The summed E-state index contributed by atoms with van der Waals surface area (Å²) in [4.78, 5) is 40.9. The Morgan fingerprint density at radius 2 is 2.00 bits per heavy atom. The van der Waals surface area contributed by atoms with E-state index in [2.05, 4.69) is 0 Å². The Kier molecular flexibility index (Phi) is 4.54. The summed E-state index contributed by atoms with van der Waals surface area (Å²) >= 11 is 0. The lowest BCUT2D eigenvalue weighted by Crippen LogP contribution is -2.61. The topological polar surface area (TPSA) is 111 Å². The number of carbonyl (C=O) groups is 3. The molecule has 4 rings (SSSR count). The average Bonchev–Trinajstić information content (AvgIpc) is 3.30. The number of carboxylic acid groups (broad SMARTS) is 1. The molecule has 9 nitrogen and oxygen atoms in total. The van der Waals surface area contributed by atoms with Crippen LogP contribution in [0.3, 0.4) is 0 Å². The van der Waals surface area contributed by atoms with Crippen molar-refractivity contribution in [2.75, 3.05) is 26.2 Å². The number of hydrogen-bond acceptors (Lipinski definition) is 5. The SMILES string of the molecule is C[C@H]1C(=O)N2C(CN1C(=O)O)OC[C@@H]2CCC(=O)N1CCC2(CC2)C(O)C1. The number of nitrogens with zero attached hydrogens (tertiary/aromatic N) is 3. The minimum atomic E-state index is -1.13. The fraction of sp³-hybridized carbons (Fsp3) is 0.833. The van der Waals surface area contributed by atoms with Crippen LogP contribution < -0.4 is 0 Å². The van der Waals surface area contributed by atoms with Crippen LogP contribution >= 0.6 is 0 Å². The molecule has 2 N–H and O–H groups in total. The second-order valence-electron chi connectivity index (χ2n) is 8.30. The highest BCUT2D eigenvalue weighted by molar-refractivity contribution is 5.87. The lowest BCUT2D eigenvalue weighted by Gasteiger charge is -2.41. The molecule has 0 aromatic carbocycles. The van der Waals surface area contributed by atoms with Gasteiger partial charge >= 0.3 is 6.09 Å². The third-order valence-electron chi connectivity index (χ3n) is 6.78. The van der Waals surface area contributed by atoms with E-state index in [0.29, 0.717) is 32.5 Å². The summed E-state index contributed by atoms with van der Waals surface area (Å²) in [6.45, 7) is 3.11. The number of β-amino-alcohol motifs (C(OH)–C–C–N with tert-alkyl or cyclic N) is 1. The summed E-state index contributed by atoms with van der Waals surface area (Å²) in [6, 6.07) is -0.958. The van der Waals surface area contributed by atoms with Crippen LogP contribution in [0.4, 0.5) is 4.79 Å². The zero-order valence-electron chi connectivity index (χ0n) is 15.5. The molecule has 3 amide bonds. The predicted molar refractivity (Wildman–Crippen MR) is 92.7 cm³/mol. The van der Waals surface area contributed by atoms with Crippen molar-refractivity contribution in [2.45, 2.75) is 63.4 Å². The molecule has 3 saturated heterocycles. The van der Waals surface area contributed by atoms with Crippen LogP contribution in [0.2, 0.25) is 0 Å². The summed E-state index contributed by atoms with van der Waals surface area (Å²) in [5.74, 6) is -0.273. The molecule has 1 aliphatic carbocycles. The second kappa shape index (κ2) is 6.63. The van der Waals surface area contributed by atoms with Crippen LogP contribution in [-0.2, 0) is 14.3 Å². The number of piperidine rings is 1. The standard InChI is InChI=1S/C18H27N3O6/c1-11-16(24)21-12(10-27-15(21)9-20(11)17(25)26)2-3-14(23)19-7-6-18(4-5-18)13(22)8-19/h11-13,15,22H,2-10H2,1H3,(H,25,26)/t11-,12-,13?,15?/m0/s1. The van der Waals surface area contributed by atoms with Gasteiger partial charge in [-0.3, -0.25) is 14.5 Å². The van der Waals surface area contributed by atoms with Crippen molar-refractivity contribution < 1.29 is 29.3 Å². The first-order valence-electron chi connectivity index (χ1n) is 9.71. The first kappa shape index (κ1) is 18.5. The van der Waals surface area contributed by atoms with Gasteiger partial charge in [0.1, 0.15) is 6.04 Å². The minimum Gasteiger partial charge on any atom is -0.465 e. The van der Waals surface area contributed by atoms with Gasteiger partial charge in [0.25, 0.3) is 0 Å². The lowest BCUT2D eigenvalue weighted by atomic mass is 9.90. The molecule has 1 saturated carbocycles. The molecule has 9 heteroatoms. The Morgan fingerprint density at radius 3 is 2.63 bits per heavy atom. The van der Waals surface area contributed by atoms with E-state index in [1.165, 1.54) is 0 Å². The van der Waals surface area contributed by atoms with Gasteiger partial charge in [-0.15, -0.1) is 0 Å². The maximum Gasteiger partial charge on any atom is 0.408 e. The Labute approximate surface area is 157 Å². The lowest BCUT2D eigenvalue weighted by molar-refractivity contribution is -0.152. The normalized spacial score (nSPS) is 34.7. The zero-order chi connectivity index (χ0) is 19.3. The van der Waals surface area contributed by atoms with Gasteiger partial charge in [0.2, 0.25) is 11.8 Å². The summed E-state index contributed by atoms with van der Waals surface area (Å²) < 4.78 is 5.63. The number of ether oxygens (including phenoxy) is 1. The number of aliphatic hydroxyl groups is 1. The van der Waals surface area contributed by atoms with Gasteiger partial charge in [-0.05, 0) is 38.0 Å². The maximum atomic E-state index is 12.6. The molecule has 0 aromatic heterocycles. The number of amides is 3. The van der Waals surface area contributed by atoms with E-state index >= 15 is 0 Å². The van der Waals surface area contributed by atoms with Crippen molar-refractivity contribution in [1.29, 1.82) is 0 Å². The van der Waals surface area contributed by atoms with E-state index in [-0.39, 0.29) is 29.8 Å². The van der Waals surface area contributed by atoms with Crippen molar-refractivity contribution in [3.05, 3.63) is 0 Å². The summed E-state index contributed by atoms with van der Waals surface area (Å²) in [7, 11) is 0. The number of likely N-dealkylation sites (tertiary alicyclic amines) is 1. The Hall–Kier alpha value is -1.87. The molecular weight excluding hydrogens is 354 g/mol. The number of rotatable bonds is 3. The third kappa shape index (κ3) is 3.16. The fourth-order valence-electron chi connectivity index (χ4n) is 4.66. The monoisotopic (exact) mass is 381 g/mol. The van der Waals surface area contributed by atoms with Crippen LogP contribution in [0.25, 0.3) is 0 Å². The average molecular weight is 381 g/mol. The first-order chi connectivity index (χ1) is 12.8. The molecule has 27 heavy (non-hydrogen) atoms. The third-order valence-corrected chi connectivity index (χ3v) is 6.78. The van der Waals surface area contributed by atoms with E-state index in [1.54, 1.807) is 16.7 Å². The number of hydrogen-bond donors (Lipinski definition) is 2. The Bertz CT molecular complexity index is 651. The summed E-state index contributed by atoms with van der Waals surface area (Å²) in [6.07, 6.45) is 1.62. The van der Waals surface area contributed by atoms with Crippen molar-refractivity contribution in [3.63, 3.8) is 0 Å². The summed E-state index contributed by atoms with van der Waals surface area (Å²) in [5, 5.41) is 19.5. The number of aliphatic hydroxyl groups excluding tert-OH is 1. The van der Waals surface area contributed by atoms with Crippen LogP contribution in [0.15, 0.2) is 0 Å². The van der Waals surface area contributed by atoms with Gasteiger partial charge in [-0.25, -0.2) is 4.79 Å². The van der Waals surface area contributed by atoms with Crippen molar-refractivity contribution in [3.8, 4) is 0 Å². The van der Waals surface area contributed by atoms with Crippen LogP contribution in [0, 0.1) is 5.41 Å². The van der Waals surface area contributed by atoms with Gasteiger partial charge in [0, 0.05) is 19.5 Å². The van der Waals surface area contributed by atoms with E-state index in [0.717, 1.165) is 24.2 Å². The molecule has 2 unspecified atom stereocenters. The minimum absolute atomic E-state index is 0.00216. The van der Waals surface area contributed by atoms with Gasteiger partial charge in [-0.2, -0.15) is 0 Å². The highest BCUT2D eigenvalue weighted by Crippen LogP contribution is 2.53. The first-order valence-corrected chi connectivity index (χ1v) is 9.71. The molecule has 1 spiro atoms. The molecule has 4 fully saturated rings. The Morgan fingerprint density at radius 1 is 1.26 bits per heavy atom. The Balaban J connectivity index is 1.32. The zero-order valence-corrected chi connectivity index (χ0v) is 15.5. The predicted octanol–water partition coefficient (Wildman–Crippen LogP) is 0.0756. The van der Waals surface area contributed by atoms with Gasteiger partial charge < -0.3 is 24.7 Å². The van der Waals surface area contributed by atoms with E-state index in [9.17, 15) is 24.6 Å². The number of piperazine rings is 1. The smallest absolute Gasteiger partial charge is 0.408 e. The highest BCUT2D eigenvalue weighted by atomic mass is 16.5.